The van der Waals surface area contributed by atoms with Crippen molar-refractivity contribution in [3.05, 3.63) is 0 Å². The van der Waals surface area contributed by atoms with Gasteiger partial charge in [0.15, 0.2) is 0 Å². The van der Waals surface area contributed by atoms with Crippen molar-refractivity contribution in [1.29, 1.82) is 0 Å². The molecule has 2 aliphatic heterocycles. The average molecular weight is 265 g/mol. The van der Waals surface area contributed by atoms with Crippen molar-refractivity contribution >= 4 is 30.1 Å². The topological polar surface area (TPSA) is 32.3 Å². The molecule has 0 aromatic heterocycles. The number of carbonyl (C=O) groups excluding carboxylic acids is 1. The maximum atomic E-state index is 12.1. The van der Waals surface area contributed by atoms with Crippen molar-refractivity contribution in [3.8, 4) is 0 Å². The molecule has 0 aliphatic carbocycles. The largest absolute Gasteiger partial charge is 0.341 e. The Balaban J connectivity index is 0.00000128. The highest BCUT2D eigenvalue weighted by atomic mass is 35.5. The van der Waals surface area contributed by atoms with Gasteiger partial charge in [-0.25, -0.2) is 0 Å². The van der Waals surface area contributed by atoms with E-state index in [1.54, 1.807) is 0 Å². The lowest BCUT2D eigenvalue weighted by Gasteiger charge is -2.23. The number of halogens is 1. The van der Waals surface area contributed by atoms with E-state index in [1.807, 2.05) is 11.8 Å². The zero-order chi connectivity index (χ0) is 10.7. The number of thioether (sulfide) groups is 1. The van der Waals surface area contributed by atoms with Crippen LogP contribution in [0.25, 0.3) is 0 Å². The molecule has 2 heterocycles. The van der Waals surface area contributed by atoms with Gasteiger partial charge < -0.3 is 4.90 Å². The average Bonchev–Trinajstić information content (AvgIpc) is 2.67. The first-order valence-corrected chi connectivity index (χ1v) is 7.03. The maximum Gasteiger partial charge on any atom is 0.240 e. The minimum absolute atomic E-state index is 0. The lowest BCUT2D eigenvalue weighted by Crippen LogP contribution is -2.45. The highest BCUT2D eigenvalue weighted by molar-refractivity contribution is 7.99. The fourth-order valence-electron chi connectivity index (χ4n) is 2.26. The molecule has 0 saturated carbocycles. The van der Waals surface area contributed by atoms with Crippen LogP contribution in [0, 0.1) is 5.92 Å². The Morgan fingerprint density at radius 1 is 1.38 bits per heavy atom. The van der Waals surface area contributed by atoms with Gasteiger partial charge in [0, 0.05) is 24.7 Å². The predicted molar refractivity (Wildman–Crippen MR) is 71.1 cm³/mol. The lowest BCUT2D eigenvalue weighted by atomic mass is 10.0. The van der Waals surface area contributed by atoms with Crippen LogP contribution in [0.2, 0.25) is 0 Å². The number of likely N-dealkylation sites (tertiary alicyclic amines) is 1. The van der Waals surface area contributed by atoms with Crippen LogP contribution in [0.1, 0.15) is 26.2 Å². The van der Waals surface area contributed by atoms with Crippen molar-refractivity contribution in [1.82, 2.24) is 10.2 Å². The highest BCUT2D eigenvalue weighted by Crippen LogP contribution is 2.19. The van der Waals surface area contributed by atoms with E-state index >= 15 is 0 Å². The van der Waals surface area contributed by atoms with E-state index in [9.17, 15) is 4.79 Å². The molecule has 2 fully saturated rings. The monoisotopic (exact) mass is 264 g/mol. The van der Waals surface area contributed by atoms with Gasteiger partial charge >= 0.3 is 0 Å². The van der Waals surface area contributed by atoms with Crippen LogP contribution in [-0.2, 0) is 4.79 Å². The first-order chi connectivity index (χ1) is 7.27. The Morgan fingerprint density at radius 3 is 2.88 bits per heavy atom. The molecule has 1 amide bonds. The van der Waals surface area contributed by atoms with Crippen LogP contribution >= 0.6 is 24.2 Å². The summed E-state index contributed by atoms with van der Waals surface area (Å²) in [7, 11) is 0. The quantitative estimate of drug-likeness (QED) is 0.783. The zero-order valence-corrected chi connectivity index (χ0v) is 11.4. The third kappa shape index (κ3) is 3.54. The number of hydrogen-bond acceptors (Lipinski definition) is 3. The first kappa shape index (κ1) is 14.1. The third-order valence-electron chi connectivity index (χ3n) is 3.34. The van der Waals surface area contributed by atoms with Gasteiger partial charge in [0.1, 0.15) is 0 Å². The molecule has 2 atom stereocenters. The molecule has 2 rings (SSSR count). The van der Waals surface area contributed by atoms with Crippen molar-refractivity contribution < 1.29 is 4.79 Å². The van der Waals surface area contributed by atoms with Gasteiger partial charge in [-0.05, 0) is 25.2 Å². The molecule has 0 aromatic rings. The van der Waals surface area contributed by atoms with E-state index < -0.39 is 0 Å². The SMILES string of the molecule is CC1CCCN(C(=O)[C@H]2CSCN2)CC1.Cl. The summed E-state index contributed by atoms with van der Waals surface area (Å²) in [5, 5.41) is 3.26. The van der Waals surface area contributed by atoms with Crippen molar-refractivity contribution in [2.75, 3.05) is 24.7 Å². The summed E-state index contributed by atoms with van der Waals surface area (Å²) in [6, 6.07) is 0.0865. The van der Waals surface area contributed by atoms with E-state index in [4.69, 9.17) is 0 Å². The smallest absolute Gasteiger partial charge is 0.240 e. The Bertz CT molecular complexity index is 234. The zero-order valence-electron chi connectivity index (χ0n) is 9.78. The first-order valence-electron chi connectivity index (χ1n) is 5.87. The van der Waals surface area contributed by atoms with Gasteiger partial charge in [-0.15, -0.1) is 24.2 Å². The summed E-state index contributed by atoms with van der Waals surface area (Å²) >= 11 is 1.82. The van der Waals surface area contributed by atoms with Gasteiger partial charge in [-0.1, -0.05) is 6.92 Å². The molecule has 2 saturated heterocycles. The van der Waals surface area contributed by atoms with Crippen LogP contribution in [0.15, 0.2) is 0 Å². The number of amides is 1. The normalized spacial score (nSPS) is 30.7. The number of nitrogens with zero attached hydrogens (tertiary/aromatic N) is 1. The second kappa shape index (κ2) is 6.72. The fraction of sp³-hybridized carbons (Fsp3) is 0.909. The molecule has 3 nitrogen and oxygen atoms in total. The van der Waals surface area contributed by atoms with Gasteiger partial charge in [-0.3, -0.25) is 10.1 Å². The molecule has 0 radical (unpaired) electrons. The number of carbonyl (C=O) groups is 1. The van der Waals surface area contributed by atoms with Gasteiger partial charge in [0.05, 0.1) is 6.04 Å². The predicted octanol–water partition coefficient (Wildman–Crippen LogP) is 1.72. The minimum atomic E-state index is 0. The summed E-state index contributed by atoms with van der Waals surface area (Å²) < 4.78 is 0. The molecule has 0 bridgehead atoms. The Hall–Kier alpha value is 0.0700. The lowest BCUT2D eigenvalue weighted by molar-refractivity contribution is -0.132. The molecular weight excluding hydrogens is 244 g/mol. The molecule has 2 aliphatic rings. The number of nitrogens with one attached hydrogen (secondary N) is 1. The molecule has 16 heavy (non-hydrogen) atoms. The van der Waals surface area contributed by atoms with Crippen LogP contribution in [0.5, 0.6) is 0 Å². The van der Waals surface area contributed by atoms with Crippen LogP contribution in [-0.4, -0.2) is 41.6 Å². The van der Waals surface area contributed by atoms with Gasteiger partial charge in [-0.2, -0.15) is 0 Å². The Morgan fingerprint density at radius 2 is 2.19 bits per heavy atom. The number of rotatable bonds is 1. The van der Waals surface area contributed by atoms with Crippen molar-refractivity contribution in [3.63, 3.8) is 0 Å². The second-order valence-electron chi connectivity index (χ2n) is 4.63. The van der Waals surface area contributed by atoms with Crippen molar-refractivity contribution in [2.24, 2.45) is 5.92 Å². The van der Waals surface area contributed by atoms with Gasteiger partial charge in [0.25, 0.3) is 0 Å². The molecular formula is C11H21ClN2OS. The van der Waals surface area contributed by atoms with Crippen molar-refractivity contribution in [2.45, 2.75) is 32.2 Å². The Labute approximate surface area is 108 Å². The molecule has 5 heteroatoms. The van der Waals surface area contributed by atoms with Crippen LogP contribution in [0.3, 0.4) is 0 Å². The number of hydrogen-bond donors (Lipinski definition) is 1. The molecule has 1 N–H and O–H groups in total. The van der Waals surface area contributed by atoms with E-state index in [2.05, 4.69) is 17.1 Å². The third-order valence-corrected chi connectivity index (χ3v) is 4.28. The second-order valence-corrected chi connectivity index (χ2v) is 5.66. The summed E-state index contributed by atoms with van der Waals surface area (Å²) in [5.41, 5.74) is 0. The van der Waals surface area contributed by atoms with Crippen LogP contribution < -0.4 is 5.32 Å². The molecule has 0 aromatic carbocycles. The van der Waals surface area contributed by atoms with E-state index in [-0.39, 0.29) is 18.4 Å². The van der Waals surface area contributed by atoms with E-state index in [1.165, 1.54) is 19.3 Å². The highest BCUT2D eigenvalue weighted by Gasteiger charge is 2.28. The molecule has 0 spiro atoms. The summed E-state index contributed by atoms with van der Waals surface area (Å²) in [4.78, 5) is 14.2. The summed E-state index contributed by atoms with van der Waals surface area (Å²) in [6.07, 6.45) is 3.62. The summed E-state index contributed by atoms with van der Waals surface area (Å²) in [5.74, 6) is 2.99. The molecule has 1 unspecified atom stereocenters. The maximum absolute atomic E-state index is 12.1. The molecule has 94 valence electrons. The Kier molecular flexibility index (Phi) is 5.94. The minimum Gasteiger partial charge on any atom is -0.341 e. The van der Waals surface area contributed by atoms with Crippen LogP contribution in [0.4, 0.5) is 0 Å². The standard InChI is InChI=1S/C11H20N2OS.ClH/c1-9-3-2-5-13(6-4-9)11(14)10-7-15-8-12-10;/h9-10,12H,2-8H2,1H3;1H/t9?,10-;/m1./s1. The van der Waals surface area contributed by atoms with E-state index in [0.29, 0.717) is 5.91 Å². The summed E-state index contributed by atoms with van der Waals surface area (Å²) in [6.45, 7) is 4.21. The van der Waals surface area contributed by atoms with Gasteiger partial charge in [0.2, 0.25) is 5.91 Å². The van der Waals surface area contributed by atoms with E-state index in [0.717, 1.165) is 30.6 Å². The fourth-order valence-corrected chi connectivity index (χ4v) is 3.19.